The molecule has 1 aliphatic carbocycles. The summed E-state index contributed by atoms with van der Waals surface area (Å²) in [6.45, 7) is 7.94. The highest BCUT2D eigenvalue weighted by molar-refractivity contribution is 4.92. The molecule has 0 heterocycles. The number of aliphatic hydroxyl groups is 1. The van der Waals surface area contributed by atoms with Crippen LogP contribution in [0.4, 0.5) is 0 Å². The largest absolute Gasteiger partial charge is 0.394 e. The van der Waals surface area contributed by atoms with Crippen molar-refractivity contribution in [2.75, 3.05) is 20.2 Å². The summed E-state index contributed by atoms with van der Waals surface area (Å²) in [6, 6.07) is 1.34. The Bertz CT molecular complexity index is 214. The van der Waals surface area contributed by atoms with Crippen molar-refractivity contribution in [1.29, 1.82) is 0 Å². The Balaban J connectivity index is 2.34. The fourth-order valence-corrected chi connectivity index (χ4v) is 2.44. The second-order valence-electron chi connectivity index (χ2n) is 5.84. The maximum Gasteiger partial charge on any atom is 0.0611 e. The van der Waals surface area contributed by atoms with Crippen molar-refractivity contribution < 1.29 is 5.11 Å². The minimum atomic E-state index is -0.0958. The van der Waals surface area contributed by atoms with Crippen molar-refractivity contribution >= 4 is 0 Å². The molecule has 3 nitrogen and oxygen atoms in total. The van der Waals surface area contributed by atoms with Crippen LogP contribution in [0.1, 0.15) is 52.9 Å². The Morgan fingerprint density at radius 2 is 1.94 bits per heavy atom. The predicted molar refractivity (Wildman–Crippen MR) is 73.3 cm³/mol. The molecule has 0 aromatic rings. The normalized spacial score (nSPS) is 19.9. The van der Waals surface area contributed by atoms with E-state index in [4.69, 9.17) is 0 Å². The lowest BCUT2D eigenvalue weighted by atomic mass is 9.97. The van der Waals surface area contributed by atoms with Crippen LogP contribution in [-0.2, 0) is 0 Å². The van der Waals surface area contributed by atoms with Gasteiger partial charge in [-0.15, -0.1) is 0 Å². The average molecular weight is 242 g/mol. The zero-order chi connectivity index (χ0) is 12.9. The zero-order valence-electron chi connectivity index (χ0n) is 12.0. The highest BCUT2D eigenvalue weighted by Gasteiger charge is 2.32. The van der Waals surface area contributed by atoms with Gasteiger partial charge in [0.25, 0.3) is 0 Å². The summed E-state index contributed by atoms with van der Waals surface area (Å²) in [5, 5.41) is 13.1. The minimum absolute atomic E-state index is 0.0958. The standard InChI is InChI=1S/C14H30N2O/c1-5-13(6-2)16(4)10-9-14(3,11-17)15-12-7-8-12/h12-13,15,17H,5-11H2,1-4H3. The Labute approximate surface area is 107 Å². The highest BCUT2D eigenvalue weighted by Crippen LogP contribution is 2.24. The number of nitrogens with one attached hydrogen (secondary N) is 1. The van der Waals surface area contributed by atoms with Gasteiger partial charge < -0.3 is 15.3 Å². The first kappa shape index (κ1) is 14.9. The maximum atomic E-state index is 9.55. The van der Waals surface area contributed by atoms with E-state index in [0.717, 1.165) is 13.0 Å². The third-order valence-corrected chi connectivity index (χ3v) is 4.06. The lowest BCUT2D eigenvalue weighted by Gasteiger charge is -2.33. The van der Waals surface area contributed by atoms with Crippen LogP contribution in [0.3, 0.4) is 0 Å². The maximum absolute atomic E-state index is 9.55. The van der Waals surface area contributed by atoms with Crippen LogP contribution in [0.5, 0.6) is 0 Å². The summed E-state index contributed by atoms with van der Waals surface area (Å²) in [6.07, 6.45) is 5.99. The molecular formula is C14H30N2O. The molecule has 1 aliphatic rings. The number of hydrogen-bond donors (Lipinski definition) is 2. The monoisotopic (exact) mass is 242 g/mol. The van der Waals surface area contributed by atoms with Crippen LogP contribution in [0.15, 0.2) is 0 Å². The molecule has 0 radical (unpaired) electrons. The van der Waals surface area contributed by atoms with Gasteiger partial charge in [0.15, 0.2) is 0 Å². The number of nitrogens with zero attached hydrogens (tertiary/aromatic N) is 1. The predicted octanol–water partition coefficient (Wildman–Crippen LogP) is 2.00. The van der Waals surface area contributed by atoms with Crippen LogP contribution < -0.4 is 5.32 Å². The molecule has 1 rings (SSSR count). The summed E-state index contributed by atoms with van der Waals surface area (Å²) in [5.41, 5.74) is -0.0958. The van der Waals surface area contributed by atoms with Crippen molar-refractivity contribution in [2.24, 2.45) is 0 Å². The number of aliphatic hydroxyl groups excluding tert-OH is 1. The van der Waals surface area contributed by atoms with E-state index < -0.39 is 0 Å². The summed E-state index contributed by atoms with van der Waals surface area (Å²) >= 11 is 0. The number of hydrogen-bond acceptors (Lipinski definition) is 3. The summed E-state index contributed by atoms with van der Waals surface area (Å²) < 4.78 is 0. The molecule has 0 aromatic heterocycles. The van der Waals surface area contributed by atoms with Gasteiger partial charge in [-0.05, 0) is 52.6 Å². The lowest BCUT2D eigenvalue weighted by molar-refractivity contribution is 0.136. The molecular weight excluding hydrogens is 212 g/mol. The summed E-state index contributed by atoms with van der Waals surface area (Å²) in [4.78, 5) is 2.43. The topological polar surface area (TPSA) is 35.5 Å². The van der Waals surface area contributed by atoms with E-state index in [0.29, 0.717) is 12.1 Å². The third kappa shape index (κ3) is 4.94. The zero-order valence-corrected chi connectivity index (χ0v) is 12.0. The molecule has 3 heteroatoms. The average Bonchev–Trinajstić information content (AvgIpc) is 3.12. The van der Waals surface area contributed by atoms with Crippen molar-refractivity contribution in [3.8, 4) is 0 Å². The van der Waals surface area contributed by atoms with Gasteiger partial charge in [-0.1, -0.05) is 13.8 Å². The van der Waals surface area contributed by atoms with E-state index in [1.165, 1.54) is 25.7 Å². The van der Waals surface area contributed by atoms with Gasteiger partial charge in [-0.2, -0.15) is 0 Å². The van der Waals surface area contributed by atoms with Gasteiger partial charge in [0.05, 0.1) is 6.61 Å². The number of rotatable bonds is 9. The van der Waals surface area contributed by atoms with Crippen molar-refractivity contribution in [3.05, 3.63) is 0 Å². The molecule has 0 aliphatic heterocycles. The Morgan fingerprint density at radius 3 is 2.35 bits per heavy atom. The van der Waals surface area contributed by atoms with Gasteiger partial charge in [-0.25, -0.2) is 0 Å². The van der Waals surface area contributed by atoms with Gasteiger partial charge >= 0.3 is 0 Å². The fourth-order valence-electron chi connectivity index (χ4n) is 2.44. The molecule has 1 saturated carbocycles. The van der Waals surface area contributed by atoms with Crippen LogP contribution in [0, 0.1) is 0 Å². The van der Waals surface area contributed by atoms with E-state index in [9.17, 15) is 5.11 Å². The van der Waals surface area contributed by atoms with Gasteiger partial charge in [0.1, 0.15) is 0 Å². The van der Waals surface area contributed by atoms with Crippen molar-refractivity contribution in [2.45, 2.75) is 70.5 Å². The smallest absolute Gasteiger partial charge is 0.0611 e. The molecule has 2 N–H and O–H groups in total. The van der Waals surface area contributed by atoms with E-state index >= 15 is 0 Å². The van der Waals surface area contributed by atoms with Crippen LogP contribution in [-0.4, -0.2) is 47.8 Å². The Kier molecular flexibility index (Phi) is 5.90. The van der Waals surface area contributed by atoms with Crippen molar-refractivity contribution in [3.63, 3.8) is 0 Å². The van der Waals surface area contributed by atoms with Gasteiger partial charge in [-0.3, -0.25) is 0 Å². The van der Waals surface area contributed by atoms with E-state index in [-0.39, 0.29) is 12.1 Å². The highest BCUT2D eigenvalue weighted by atomic mass is 16.3. The molecule has 102 valence electrons. The van der Waals surface area contributed by atoms with E-state index in [2.05, 4.69) is 38.0 Å². The molecule has 17 heavy (non-hydrogen) atoms. The van der Waals surface area contributed by atoms with Crippen LogP contribution in [0.2, 0.25) is 0 Å². The van der Waals surface area contributed by atoms with E-state index in [1.807, 2.05) is 0 Å². The fraction of sp³-hybridized carbons (Fsp3) is 1.00. The molecule has 0 bridgehead atoms. The third-order valence-electron chi connectivity index (χ3n) is 4.06. The summed E-state index contributed by atoms with van der Waals surface area (Å²) in [7, 11) is 2.20. The first-order valence-electron chi connectivity index (χ1n) is 7.13. The molecule has 0 spiro atoms. The molecule has 1 unspecified atom stereocenters. The molecule has 0 aromatic carbocycles. The SMILES string of the molecule is CCC(CC)N(C)CCC(C)(CO)NC1CC1. The summed E-state index contributed by atoms with van der Waals surface area (Å²) in [5.74, 6) is 0. The lowest BCUT2D eigenvalue weighted by Crippen LogP contribution is -2.49. The first-order chi connectivity index (χ1) is 8.04. The molecule has 0 saturated heterocycles. The van der Waals surface area contributed by atoms with Crippen molar-refractivity contribution in [1.82, 2.24) is 10.2 Å². The Morgan fingerprint density at radius 1 is 1.35 bits per heavy atom. The molecule has 0 amide bonds. The Hall–Kier alpha value is -0.120. The van der Waals surface area contributed by atoms with E-state index in [1.54, 1.807) is 0 Å². The van der Waals surface area contributed by atoms with Crippen LogP contribution >= 0.6 is 0 Å². The minimum Gasteiger partial charge on any atom is -0.394 e. The van der Waals surface area contributed by atoms with Gasteiger partial charge in [0, 0.05) is 17.6 Å². The van der Waals surface area contributed by atoms with Crippen LogP contribution in [0.25, 0.3) is 0 Å². The quantitative estimate of drug-likeness (QED) is 0.649. The molecule has 1 fully saturated rings. The first-order valence-corrected chi connectivity index (χ1v) is 7.13. The van der Waals surface area contributed by atoms with Gasteiger partial charge in [0.2, 0.25) is 0 Å². The second-order valence-corrected chi connectivity index (χ2v) is 5.84. The second kappa shape index (κ2) is 6.72. The molecule has 1 atom stereocenters.